The number of hydrogen-bond acceptors (Lipinski definition) is 6. The highest BCUT2D eigenvalue weighted by Gasteiger charge is 2.26. The van der Waals surface area contributed by atoms with Crippen molar-refractivity contribution in [2.75, 3.05) is 13.1 Å². The number of aromatic nitrogens is 5. The molecule has 1 aliphatic heterocycles. The Morgan fingerprint density at radius 1 is 1.28 bits per heavy atom. The summed E-state index contributed by atoms with van der Waals surface area (Å²) in [6.07, 6.45) is 3.69. The Bertz CT molecular complexity index is 872. The van der Waals surface area contributed by atoms with Crippen molar-refractivity contribution in [1.29, 1.82) is 0 Å². The van der Waals surface area contributed by atoms with Gasteiger partial charge in [-0.25, -0.2) is 4.68 Å². The van der Waals surface area contributed by atoms with Gasteiger partial charge in [-0.15, -0.1) is 5.10 Å². The van der Waals surface area contributed by atoms with E-state index >= 15 is 0 Å². The van der Waals surface area contributed by atoms with E-state index < -0.39 is 0 Å². The topological polar surface area (TPSA) is 89.9 Å². The number of likely N-dealkylation sites (tertiary alicyclic amines) is 1. The molecule has 1 amide bonds. The molecule has 1 aliphatic rings. The summed E-state index contributed by atoms with van der Waals surface area (Å²) >= 11 is 0. The van der Waals surface area contributed by atoms with Gasteiger partial charge in [-0.1, -0.05) is 28.6 Å². The number of piperidine rings is 1. The largest absolute Gasteiger partial charge is 0.339 e. The standard InChI is InChI=1S/C17H18N6O2/c1-12-18-16(20-25-12)15-11-23(21-19-15)14-8-5-9-22(10-14)17(24)13-6-3-2-4-7-13/h2-4,6-7,11,14H,5,8-10H2,1H3/t14-/m1/s1. The second-order valence-corrected chi connectivity index (χ2v) is 6.13. The van der Waals surface area contributed by atoms with Crippen LogP contribution in [0.15, 0.2) is 41.1 Å². The Morgan fingerprint density at radius 3 is 2.88 bits per heavy atom. The van der Waals surface area contributed by atoms with Gasteiger partial charge in [0.05, 0.1) is 12.2 Å². The highest BCUT2D eigenvalue weighted by Crippen LogP contribution is 2.23. The minimum absolute atomic E-state index is 0.0550. The fourth-order valence-electron chi connectivity index (χ4n) is 3.08. The molecule has 8 heteroatoms. The van der Waals surface area contributed by atoms with Crippen molar-refractivity contribution in [3.63, 3.8) is 0 Å². The molecular formula is C17H18N6O2. The molecule has 0 unspecified atom stereocenters. The van der Waals surface area contributed by atoms with Gasteiger partial charge in [0.1, 0.15) is 0 Å². The summed E-state index contributed by atoms with van der Waals surface area (Å²) in [5.74, 6) is 0.970. The summed E-state index contributed by atoms with van der Waals surface area (Å²) in [6.45, 7) is 3.10. The van der Waals surface area contributed by atoms with Gasteiger partial charge in [-0.2, -0.15) is 4.98 Å². The fraction of sp³-hybridized carbons (Fsp3) is 0.353. The summed E-state index contributed by atoms with van der Waals surface area (Å²) in [4.78, 5) is 18.7. The monoisotopic (exact) mass is 338 g/mol. The van der Waals surface area contributed by atoms with Crippen molar-refractivity contribution in [2.45, 2.75) is 25.8 Å². The van der Waals surface area contributed by atoms with E-state index in [-0.39, 0.29) is 11.9 Å². The lowest BCUT2D eigenvalue weighted by Crippen LogP contribution is -2.40. The zero-order valence-corrected chi connectivity index (χ0v) is 13.9. The number of aryl methyl sites for hydroxylation is 1. The molecule has 1 fully saturated rings. The molecule has 4 rings (SSSR count). The second kappa shape index (κ2) is 6.46. The quantitative estimate of drug-likeness (QED) is 0.726. The van der Waals surface area contributed by atoms with Gasteiger partial charge in [0.2, 0.25) is 11.7 Å². The number of rotatable bonds is 3. The summed E-state index contributed by atoms with van der Waals surface area (Å²) in [7, 11) is 0. The van der Waals surface area contributed by atoms with Crippen molar-refractivity contribution >= 4 is 5.91 Å². The third kappa shape index (κ3) is 3.15. The maximum atomic E-state index is 12.7. The van der Waals surface area contributed by atoms with E-state index in [0.29, 0.717) is 29.5 Å². The third-order valence-corrected chi connectivity index (χ3v) is 4.35. The first kappa shape index (κ1) is 15.5. The SMILES string of the molecule is Cc1nc(-c2cn([C@@H]3CCCN(C(=O)c4ccccc4)C3)nn2)no1. The third-order valence-electron chi connectivity index (χ3n) is 4.35. The molecule has 0 aliphatic carbocycles. The molecule has 1 saturated heterocycles. The summed E-state index contributed by atoms with van der Waals surface area (Å²) < 4.78 is 6.78. The van der Waals surface area contributed by atoms with Crippen molar-refractivity contribution in [1.82, 2.24) is 30.0 Å². The Balaban J connectivity index is 1.50. The van der Waals surface area contributed by atoms with E-state index in [1.807, 2.05) is 41.4 Å². The highest BCUT2D eigenvalue weighted by molar-refractivity contribution is 5.94. The molecule has 0 spiro atoms. The van der Waals surface area contributed by atoms with Gasteiger partial charge in [0.15, 0.2) is 5.69 Å². The van der Waals surface area contributed by atoms with Gasteiger partial charge in [0.25, 0.3) is 5.91 Å². The van der Waals surface area contributed by atoms with Crippen molar-refractivity contribution < 1.29 is 9.32 Å². The minimum Gasteiger partial charge on any atom is -0.339 e. The lowest BCUT2D eigenvalue weighted by molar-refractivity contribution is 0.0672. The molecule has 8 nitrogen and oxygen atoms in total. The van der Waals surface area contributed by atoms with Crippen LogP contribution in [-0.4, -0.2) is 49.0 Å². The molecule has 0 saturated carbocycles. The Labute approximate surface area is 144 Å². The highest BCUT2D eigenvalue weighted by atomic mass is 16.5. The van der Waals surface area contributed by atoms with E-state index in [0.717, 1.165) is 19.4 Å². The summed E-state index contributed by atoms with van der Waals surface area (Å²) in [5, 5.41) is 12.2. The zero-order chi connectivity index (χ0) is 17.2. The van der Waals surface area contributed by atoms with Crippen LogP contribution in [0.5, 0.6) is 0 Å². The van der Waals surface area contributed by atoms with Crippen LogP contribution in [0.4, 0.5) is 0 Å². The number of carbonyl (C=O) groups is 1. The Hall–Kier alpha value is -3.03. The van der Waals surface area contributed by atoms with Gasteiger partial charge >= 0.3 is 0 Å². The van der Waals surface area contributed by atoms with Crippen LogP contribution in [0.25, 0.3) is 11.5 Å². The van der Waals surface area contributed by atoms with E-state index in [2.05, 4.69) is 20.5 Å². The van der Waals surface area contributed by atoms with E-state index in [1.54, 1.807) is 11.6 Å². The van der Waals surface area contributed by atoms with Crippen LogP contribution < -0.4 is 0 Å². The predicted molar refractivity (Wildman–Crippen MR) is 88.7 cm³/mol. The lowest BCUT2D eigenvalue weighted by Gasteiger charge is -2.32. The average molecular weight is 338 g/mol. The average Bonchev–Trinajstić information content (AvgIpc) is 3.31. The van der Waals surface area contributed by atoms with Crippen LogP contribution in [0.1, 0.15) is 35.1 Å². The molecule has 1 atom stereocenters. The van der Waals surface area contributed by atoms with Crippen LogP contribution in [0.3, 0.4) is 0 Å². The zero-order valence-electron chi connectivity index (χ0n) is 13.9. The Morgan fingerprint density at radius 2 is 2.12 bits per heavy atom. The van der Waals surface area contributed by atoms with Gasteiger partial charge in [-0.05, 0) is 25.0 Å². The van der Waals surface area contributed by atoms with Gasteiger partial charge in [-0.3, -0.25) is 4.79 Å². The van der Waals surface area contributed by atoms with Crippen LogP contribution in [0.2, 0.25) is 0 Å². The smallest absolute Gasteiger partial charge is 0.253 e. The molecule has 3 heterocycles. The molecule has 2 aromatic heterocycles. The fourth-order valence-corrected chi connectivity index (χ4v) is 3.08. The molecule has 3 aromatic rings. The van der Waals surface area contributed by atoms with E-state index in [4.69, 9.17) is 4.52 Å². The molecule has 128 valence electrons. The number of amides is 1. The first-order chi connectivity index (χ1) is 12.2. The first-order valence-corrected chi connectivity index (χ1v) is 8.27. The number of hydrogen-bond donors (Lipinski definition) is 0. The molecule has 0 bridgehead atoms. The molecule has 1 aromatic carbocycles. The summed E-state index contributed by atoms with van der Waals surface area (Å²) in [5.41, 5.74) is 1.29. The van der Waals surface area contributed by atoms with Crippen LogP contribution >= 0.6 is 0 Å². The predicted octanol–water partition coefficient (Wildman–Crippen LogP) is 2.11. The van der Waals surface area contributed by atoms with Gasteiger partial charge < -0.3 is 9.42 Å². The number of nitrogens with zero attached hydrogens (tertiary/aromatic N) is 6. The van der Waals surface area contributed by atoms with E-state index in [9.17, 15) is 4.79 Å². The normalized spacial score (nSPS) is 17.6. The molecular weight excluding hydrogens is 320 g/mol. The number of carbonyl (C=O) groups excluding carboxylic acids is 1. The minimum atomic E-state index is 0.0550. The van der Waals surface area contributed by atoms with Crippen LogP contribution in [-0.2, 0) is 0 Å². The lowest BCUT2D eigenvalue weighted by atomic mass is 10.0. The number of benzene rings is 1. The van der Waals surface area contributed by atoms with Crippen molar-refractivity contribution in [3.8, 4) is 11.5 Å². The maximum absolute atomic E-state index is 12.7. The molecule has 0 radical (unpaired) electrons. The van der Waals surface area contributed by atoms with Crippen molar-refractivity contribution in [2.24, 2.45) is 0 Å². The second-order valence-electron chi connectivity index (χ2n) is 6.13. The molecule has 0 N–H and O–H groups in total. The van der Waals surface area contributed by atoms with Crippen LogP contribution in [0, 0.1) is 6.92 Å². The molecule has 25 heavy (non-hydrogen) atoms. The maximum Gasteiger partial charge on any atom is 0.253 e. The van der Waals surface area contributed by atoms with E-state index in [1.165, 1.54) is 0 Å². The Kier molecular flexibility index (Phi) is 4.01. The van der Waals surface area contributed by atoms with Gasteiger partial charge in [0, 0.05) is 25.6 Å². The summed E-state index contributed by atoms with van der Waals surface area (Å²) in [6, 6.07) is 9.45. The van der Waals surface area contributed by atoms with Crippen molar-refractivity contribution in [3.05, 3.63) is 48.0 Å². The first-order valence-electron chi connectivity index (χ1n) is 8.27.